The molecule has 2 rings (SSSR count). The number of benzene rings is 2. The second-order valence-corrected chi connectivity index (χ2v) is 5.13. The SMILES string of the molecule is CN(C)CCOC(c1ccc(F)cc1)c1ccccc1F. The number of hydrogen-bond donors (Lipinski definition) is 0. The largest absolute Gasteiger partial charge is 0.367 e. The fourth-order valence-corrected chi connectivity index (χ4v) is 2.04. The second-order valence-electron chi connectivity index (χ2n) is 5.13. The van der Waals surface area contributed by atoms with Crippen molar-refractivity contribution in [3.63, 3.8) is 0 Å². The first kappa shape index (κ1) is 15.6. The van der Waals surface area contributed by atoms with E-state index in [0.29, 0.717) is 12.2 Å². The third-order valence-electron chi connectivity index (χ3n) is 3.18. The predicted molar refractivity (Wildman–Crippen MR) is 79.1 cm³/mol. The molecular weight excluding hydrogens is 272 g/mol. The van der Waals surface area contributed by atoms with Crippen LogP contribution in [0.4, 0.5) is 8.78 Å². The quantitative estimate of drug-likeness (QED) is 0.806. The van der Waals surface area contributed by atoms with E-state index in [0.717, 1.165) is 12.1 Å². The van der Waals surface area contributed by atoms with Gasteiger partial charge in [-0.2, -0.15) is 0 Å². The van der Waals surface area contributed by atoms with Gasteiger partial charge in [0.1, 0.15) is 17.7 Å². The van der Waals surface area contributed by atoms with E-state index in [1.54, 1.807) is 30.3 Å². The third-order valence-corrected chi connectivity index (χ3v) is 3.18. The molecule has 2 aromatic carbocycles. The summed E-state index contributed by atoms with van der Waals surface area (Å²) in [5, 5.41) is 0. The minimum absolute atomic E-state index is 0.320. The number of nitrogens with zero attached hydrogens (tertiary/aromatic N) is 1. The van der Waals surface area contributed by atoms with Gasteiger partial charge in [0.15, 0.2) is 0 Å². The van der Waals surface area contributed by atoms with Gasteiger partial charge in [0.2, 0.25) is 0 Å². The van der Waals surface area contributed by atoms with Crippen LogP contribution in [0.5, 0.6) is 0 Å². The van der Waals surface area contributed by atoms with Crippen molar-refractivity contribution in [1.82, 2.24) is 4.90 Å². The molecule has 4 heteroatoms. The van der Waals surface area contributed by atoms with Gasteiger partial charge in [-0.1, -0.05) is 30.3 Å². The highest BCUT2D eigenvalue weighted by Crippen LogP contribution is 2.28. The summed E-state index contributed by atoms with van der Waals surface area (Å²) in [4.78, 5) is 1.99. The summed E-state index contributed by atoms with van der Waals surface area (Å²) in [6, 6.07) is 12.5. The Morgan fingerprint density at radius 3 is 2.29 bits per heavy atom. The molecule has 1 atom stereocenters. The topological polar surface area (TPSA) is 12.5 Å². The van der Waals surface area contributed by atoms with E-state index < -0.39 is 6.10 Å². The van der Waals surface area contributed by atoms with Crippen LogP contribution in [0, 0.1) is 11.6 Å². The zero-order chi connectivity index (χ0) is 15.2. The van der Waals surface area contributed by atoms with Gasteiger partial charge in [-0.3, -0.25) is 0 Å². The lowest BCUT2D eigenvalue weighted by Crippen LogP contribution is -2.20. The number of rotatable bonds is 6. The molecule has 2 nitrogen and oxygen atoms in total. The average molecular weight is 291 g/mol. The zero-order valence-electron chi connectivity index (χ0n) is 12.2. The Balaban J connectivity index is 2.26. The van der Waals surface area contributed by atoms with Gasteiger partial charge < -0.3 is 9.64 Å². The minimum atomic E-state index is -0.535. The Kier molecular flexibility index (Phi) is 5.42. The monoisotopic (exact) mass is 291 g/mol. The lowest BCUT2D eigenvalue weighted by atomic mass is 10.0. The summed E-state index contributed by atoms with van der Waals surface area (Å²) < 4.78 is 32.9. The van der Waals surface area contributed by atoms with Crippen LogP contribution in [0.25, 0.3) is 0 Å². The van der Waals surface area contributed by atoms with Crippen LogP contribution in [-0.4, -0.2) is 32.1 Å². The van der Waals surface area contributed by atoms with Crippen LogP contribution < -0.4 is 0 Å². The minimum Gasteiger partial charge on any atom is -0.367 e. The van der Waals surface area contributed by atoms with Crippen molar-refractivity contribution in [2.45, 2.75) is 6.10 Å². The summed E-state index contributed by atoms with van der Waals surface area (Å²) in [6.07, 6.45) is -0.535. The van der Waals surface area contributed by atoms with Crippen molar-refractivity contribution in [2.75, 3.05) is 27.2 Å². The van der Waals surface area contributed by atoms with Crippen molar-refractivity contribution < 1.29 is 13.5 Å². The van der Waals surface area contributed by atoms with E-state index >= 15 is 0 Å². The van der Waals surface area contributed by atoms with Gasteiger partial charge >= 0.3 is 0 Å². The fourth-order valence-electron chi connectivity index (χ4n) is 2.04. The molecule has 112 valence electrons. The van der Waals surface area contributed by atoms with Crippen LogP contribution in [0.1, 0.15) is 17.2 Å². The summed E-state index contributed by atoms with van der Waals surface area (Å²) in [6.45, 7) is 1.19. The Morgan fingerprint density at radius 2 is 1.67 bits per heavy atom. The van der Waals surface area contributed by atoms with Crippen LogP contribution in [0.3, 0.4) is 0 Å². The van der Waals surface area contributed by atoms with Gasteiger partial charge in [-0.25, -0.2) is 8.78 Å². The molecule has 2 aromatic rings. The lowest BCUT2D eigenvalue weighted by Gasteiger charge is -2.20. The molecule has 0 heterocycles. The number of halogens is 2. The molecule has 0 N–H and O–H groups in total. The van der Waals surface area contributed by atoms with Gasteiger partial charge in [0.05, 0.1) is 6.61 Å². The Labute approximate surface area is 124 Å². The lowest BCUT2D eigenvalue weighted by molar-refractivity contribution is 0.0665. The zero-order valence-corrected chi connectivity index (χ0v) is 12.2. The molecule has 0 radical (unpaired) electrons. The van der Waals surface area contributed by atoms with Crippen LogP contribution in [0.15, 0.2) is 48.5 Å². The van der Waals surface area contributed by atoms with E-state index in [1.165, 1.54) is 18.2 Å². The highest BCUT2D eigenvalue weighted by atomic mass is 19.1. The molecule has 0 spiro atoms. The third kappa shape index (κ3) is 4.34. The summed E-state index contributed by atoms with van der Waals surface area (Å²) in [5.41, 5.74) is 1.20. The first-order valence-corrected chi connectivity index (χ1v) is 6.84. The number of likely N-dealkylation sites (N-methyl/N-ethyl adjacent to an activating group) is 1. The van der Waals surface area contributed by atoms with Gasteiger partial charge in [0.25, 0.3) is 0 Å². The molecule has 0 saturated heterocycles. The first-order valence-electron chi connectivity index (χ1n) is 6.84. The predicted octanol–water partition coefficient (Wildman–Crippen LogP) is 3.63. The summed E-state index contributed by atoms with van der Waals surface area (Å²) in [5.74, 6) is -0.643. The fraction of sp³-hybridized carbons (Fsp3) is 0.294. The highest BCUT2D eigenvalue weighted by molar-refractivity contribution is 5.31. The van der Waals surface area contributed by atoms with Crippen LogP contribution in [0.2, 0.25) is 0 Å². The molecule has 0 amide bonds. The molecule has 0 aliphatic carbocycles. The number of hydrogen-bond acceptors (Lipinski definition) is 2. The van der Waals surface area contributed by atoms with E-state index in [1.807, 2.05) is 19.0 Å². The first-order chi connectivity index (χ1) is 10.1. The maximum atomic E-state index is 14.0. The normalized spacial score (nSPS) is 12.6. The van der Waals surface area contributed by atoms with E-state index in [9.17, 15) is 8.78 Å². The smallest absolute Gasteiger partial charge is 0.129 e. The van der Waals surface area contributed by atoms with E-state index in [2.05, 4.69) is 0 Å². The number of ether oxygens (including phenoxy) is 1. The van der Waals surface area contributed by atoms with Crippen molar-refractivity contribution in [3.8, 4) is 0 Å². The maximum absolute atomic E-state index is 14.0. The van der Waals surface area contributed by atoms with Gasteiger partial charge in [0, 0.05) is 12.1 Å². The van der Waals surface area contributed by atoms with Crippen molar-refractivity contribution >= 4 is 0 Å². The molecule has 0 aromatic heterocycles. The highest BCUT2D eigenvalue weighted by Gasteiger charge is 2.18. The molecule has 0 fully saturated rings. The van der Waals surface area contributed by atoms with Gasteiger partial charge in [-0.05, 0) is 37.9 Å². The Hall–Kier alpha value is -1.78. The molecule has 0 aliphatic rings. The van der Waals surface area contributed by atoms with Crippen LogP contribution in [-0.2, 0) is 4.74 Å². The second kappa shape index (κ2) is 7.29. The van der Waals surface area contributed by atoms with Crippen LogP contribution >= 0.6 is 0 Å². The van der Waals surface area contributed by atoms with E-state index in [4.69, 9.17) is 4.74 Å². The van der Waals surface area contributed by atoms with E-state index in [-0.39, 0.29) is 11.6 Å². The van der Waals surface area contributed by atoms with Crippen molar-refractivity contribution in [1.29, 1.82) is 0 Å². The molecular formula is C17H19F2NO. The summed E-state index contributed by atoms with van der Waals surface area (Å²) in [7, 11) is 3.89. The average Bonchev–Trinajstić information content (AvgIpc) is 2.46. The summed E-state index contributed by atoms with van der Waals surface area (Å²) >= 11 is 0. The standard InChI is InChI=1S/C17H19F2NO/c1-20(2)11-12-21-17(13-7-9-14(18)10-8-13)15-5-3-4-6-16(15)19/h3-10,17H,11-12H2,1-2H3. The molecule has 0 saturated carbocycles. The van der Waals surface area contributed by atoms with Crippen molar-refractivity contribution in [3.05, 3.63) is 71.3 Å². The molecule has 0 aliphatic heterocycles. The maximum Gasteiger partial charge on any atom is 0.129 e. The molecule has 21 heavy (non-hydrogen) atoms. The molecule has 1 unspecified atom stereocenters. The Morgan fingerprint density at radius 1 is 1.00 bits per heavy atom. The Bertz CT molecular complexity index is 569. The van der Waals surface area contributed by atoms with Crippen molar-refractivity contribution in [2.24, 2.45) is 0 Å². The molecule has 0 bridgehead atoms. The van der Waals surface area contributed by atoms with Gasteiger partial charge in [-0.15, -0.1) is 0 Å².